The average Bonchev–Trinajstić information content (AvgIpc) is 3.39. The van der Waals surface area contributed by atoms with Crippen molar-refractivity contribution < 1.29 is 0 Å². The number of benzene rings is 11. The molecule has 11 aromatic carbocycles. The molecule has 0 atom stereocenters. The molecule has 0 radical (unpaired) electrons. The molecule has 340 valence electrons. The first kappa shape index (κ1) is 44.3. The molecule has 70 heavy (non-hydrogen) atoms. The minimum absolute atomic E-state index is 0.0344. The molecule has 0 unspecified atom stereocenters. The van der Waals surface area contributed by atoms with E-state index in [4.69, 9.17) is 0 Å². The minimum Gasteiger partial charge on any atom is -0.310 e. The summed E-state index contributed by atoms with van der Waals surface area (Å²) in [6, 6.07) is 89.6. The van der Waals surface area contributed by atoms with E-state index in [0.717, 1.165) is 34.1 Å². The molecule has 0 saturated heterocycles. The Bertz CT molecular complexity index is 3610. The van der Waals surface area contributed by atoms with E-state index in [-0.39, 0.29) is 10.8 Å². The van der Waals surface area contributed by atoms with E-state index in [9.17, 15) is 0 Å². The third-order valence-corrected chi connectivity index (χ3v) is 13.9. The lowest BCUT2D eigenvalue weighted by atomic mass is 9.81. The predicted octanol–water partition coefficient (Wildman–Crippen LogP) is 19.7. The molecule has 0 spiro atoms. The van der Waals surface area contributed by atoms with Crippen LogP contribution >= 0.6 is 0 Å². The van der Waals surface area contributed by atoms with Crippen LogP contribution in [-0.4, -0.2) is 0 Å². The molecule has 0 fully saturated rings. The molecule has 0 bridgehead atoms. The lowest BCUT2D eigenvalue weighted by molar-refractivity contribution is 0.590. The fourth-order valence-corrected chi connectivity index (χ4v) is 10.3. The van der Waals surface area contributed by atoms with Crippen LogP contribution in [0, 0.1) is 0 Å². The average molecular weight is 903 g/mol. The summed E-state index contributed by atoms with van der Waals surface area (Å²) in [7, 11) is 0. The van der Waals surface area contributed by atoms with Crippen LogP contribution < -0.4 is 9.80 Å². The summed E-state index contributed by atoms with van der Waals surface area (Å²) in [5.41, 5.74) is 16.5. The fraction of sp³-hybridized carbons (Fsp3) is 0.118. The van der Waals surface area contributed by atoms with Crippen LogP contribution in [0.1, 0.15) is 52.7 Å². The van der Waals surface area contributed by atoms with Gasteiger partial charge in [-0.2, -0.15) is 0 Å². The number of hydrogen-bond acceptors (Lipinski definition) is 2. The second-order valence-corrected chi connectivity index (χ2v) is 20.6. The third-order valence-electron chi connectivity index (χ3n) is 13.9. The van der Waals surface area contributed by atoms with Gasteiger partial charge in [0, 0.05) is 34.1 Å². The van der Waals surface area contributed by atoms with Gasteiger partial charge in [0.25, 0.3) is 0 Å². The van der Waals surface area contributed by atoms with Gasteiger partial charge in [0.1, 0.15) is 0 Å². The lowest BCUT2D eigenvalue weighted by Crippen LogP contribution is -2.13. The number of hydrogen-bond donors (Lipinski definition) is 0. The quantitative estimate of drug-likeness (QED) is 0.133. The maximum absolute atomic E-state index is 2.45. The number of fused-ring (bicyclic) bond motifs is 6. The highest BCUT2D eigenvalue weighted by Gasteiger charge is 2.25. The zero-order chi connectivity index (χ0) is 48.0. The van der Waals surface area contributed by atoms with Gasteiger partial charge in [0.05, 0.1) is 0 Å². The normalized spacial score (nSPS) is 11.9. The molecule has 2 heteroatoms. The van der Waals surface area contributed by atoms with Crippen molar-refractivity contribution >= 4 is 66.4 Å². The van der Waals surface area contributed by atoms with Crippen molar-refractivity contribution in [1.29, 1.82) is 0 Å². The zero-order valence-corrected chi connectivity index (χ0v) is 41.0. The Kier molecular flexibility index (Phi) is 11.4. The van der Waals surface area contributed by atoms with Crippen molar-refractivity contribution in [2.75, 3.05) is 9.80 Å². The summed E-state index contributed by atoms with van der Waals surface area (Å²) in [5.74, 6) is 0. The highest BCUT2D eigenvalue weighted by Crippen LogP contribution is 2.51. The van der Waals surface area contributed by atoms with Crippen LogP contribution in [0.2, 0.25) is 0 Å². The van der Waals surface area contributed by atoms with Crippen LogP contribution in [0.25, 0.3) is 65.7 Å². The van der Waals surface area contributed by atoms with Gasteiger partial charge in [-0.25, -0.2) is 0 Å². The van der Waals surface area contributed by atoms with E-state index in [1.54, 1.807) is 0 Å². The topological polar surface area (TPSA) is 6.48 Å². The van der Waals surface area contributed by atoms with E-state index < -0.39 is 0 Å². The van der Waals surface area contributed by atoms with Crippen molar-refractivity contribution in [3.63, 3.8) is 0 Å². The molecule has 0 saturated carbocycles. The van der Waals surface area contributed by atoms with Crippen molar-refractivity contribution in [3.05, 3.63) is 254 Å². The van der Waals surface area contributed by atoms with E-state index in [1.807, 2.05) is 0 Å². The summed E-state index contributed by atoms with van der Waals surface area (Å²) >= 11 is 0. The maximum atomic E-state index is 2.45. The summed E-state index contributed by atoms with van der Waals surface area (Å²) in [6.07, 6.45) is 0. The highest BCUT2D eigenvalue weighted by atomic mass is 15.1. The van der Waals surface area contributed by atoms with Crippen molar-refractivity contribution in [1.82, 2.24) is 0 Å². The smallest absolute Gasteiger partial charge is 0.0468 e. The fourth-order valence-electron chi connectivity index (χ4n) is 10.3. The molecular formula is C68H58N2. The van der Waals surface area contributed by atoms with Gasteiger partial charge in [-0.3, -0.25) is 0 Å². The van der Waals surface area contributed by atoms with Gasteiger partial charge in [0.2, 0.25) is 0 Å². The summed E-state index contributed by atoms with van der Waals surface area (Å²) < 4.78 is 0. The van der Waals surface area contributed by atoms with Crippen LogP contribution in [0.15, 0.2) is 243 Å². The van der Waals surface area contributed by atoms with E-state index in [0.29, 0.717) is 0 Å². The van der Waals surface area contributed by atoms with Crippen molar-refractivity contribution in [3.8, 4) is 33.4 Å². The monoisotopic (exact) mass is 902 g/mol. The zero-order valence-electron chi connectivity index (χ0n) is 41.0. The van der Waals surface area contributed by atoms with Gasteiger partial charge in [-0.15, -0.1) is 0 Å². The second-order valence-electron chi connectivity index (χ2n) is 20.6. The van der Waals surface area contributed by atoms with Gasteiger partial charge in [-0.1, -0.05) is 205 Å². The van der Waals surface area contributed by atoms with Crippen LogP contribution in [0.3, 0.4) is 0 Å². The first-order valence-electron chi connectivity index (χ1n) is 24.6. The van der Waals surface area contributed by atoms with Gasteiger partial charge < -0.3 is 9.80 Å². The first-order chi connectivity index (χ1) is 34.0. The molecule has 0 amide bonds. The number of nitrogens with zero attached hydrogens (tertiary/aromatic N) is 2. The Morgan fingerprint density at radius 1 is 0.257 bits per heavy atom. The SMILES string of the molecule is CC(C)(C)c1ccc(N(c2ccccc2)c2ccc3c(c2)c2cc(N(c4ccccc4)c4ccc(C(C)(C)C)cc4)ccc2c2c(-c4ccccc4)c(-c4ccccc4)cc(-c4ccccc4)c32)cc1. The van der Waals surface area contributed by atoms with Crippen LogP contribution in [0.4, 0.5) is 34.1 Å². The second kappa shape index (κ2) is 18.0. The number of rotatable bonds is 9. The molecule has 0 aliphatic rings. The Morgan fingerprint density at radius 3 is 0.986 bits per heavy atom. The van der Waals surface area contributed by atoms with Crippen LogP contribution in [0.5, 0.6) is 0 Å². The van der Waals surface area contributed by atoms with Gasteiger partial charge in [-0.05, 0) is 167 Å². The number of anilines is 6. The molecule has 11 aromatic rings. The van der Waals surface area contributed by atoms with E-state index in [1.165, 1.54) is 76.8 Å². The number of para-hydroxylation sites is 2. The summed E-state index contributed by atoms with van der Waals surface area (Å²) in [6.45, 7) is 13.7. The van der Waals surface area contributed by atoms with Crippen LogP contribution in [-0.2, 0) is 10.8 Å². The molecule has 0 heterocycles. The predicted molar refractivity (Wildman–Crippen MR) is 302 cm³/mol. The van der Waals surface area contributed by atoms with Crippen molar-refractivity contribution in [2.45, 2.75) is 52.4 Å². The highest BCUT2D eigenvalue weighted by molar-refractivity contribution is 6.33. The molecule has 0 N–H and O–H groups in total. The Labute approximate surface area is 413 Å². The summed E-state index contributed by atoms with van der Waals surface area (Å²) in [4.78, 5) is 4.82. The first-order valence-corrected chi connectivity index (χ1v) is 24.6. The van der Waals surface area contributed by atoms with Gasteiger partial charge >= 0.3 is 0 Å². The third kappa shape index (κ3) is 8.30. The minimum atomic E-state index is 0.0344. The Balaban J connectivity index is 1.29. The van der Waals surface area contributed by atoms with E-state index >= 15 is 0 Å². The molecule has 2 nitrogen and oxygen atoms in total. The Morgan fingerprint density at radius 2 is 0.586 bits per heavy atom. The lowest BCUT2D eigenvalue weighted by Gasteiger charge is -2.29. The van der Waals surface area contributed by atoms with Gasteiger partial charge in [0.15, 0.2) is 0 Å². The summed E-state index contributed by atoms with van der Waals surface area (Å²) in [5, 5.41) is 7.27. The van der Waals surface area contributed by atoms with E-state index in [2.05, 4.69) is 294 Å². The molecule has 0 aliphatic carbocycles. The molecule has 0 aromatic heterocycles. The largest absolute Gasteiger partial charge is 0.310 e. The maximum Gasteiger partial charge on any atom is 0.0468 e. The Hall–Kier alpha value is -8.20. The standard InChI is InChI=1S/C68H58N2/c1-67(2,3)50-32-36-54(37-33-50)69(52-28-18-10-19-29-52)56-40-42-58-62(44-56)63-45-57(70(53-30-20-11-21-31-53)55-38-34-51(35-39-55)68(4,5)6)41-43-59(63)66-64(49-26-16-9-17-27-49)60(47-22-12-7-13-23-47)46-61(65(58)66)48-24-14-8-15-25-48/h7-46H,1-6H3. The van der Waals surface area contributed by atoms with Crippen molar-refractivity contribution in [2.24, 2.45) is 0 Å². The molecule has 11 rings (SSSR count). The molecule has 0 aliphatic heterocycles. The molecular weight excluding hydrogens is 845 g/mol.